The van der Waals surface area contributed by atoms with Gasteiger partial charge in [0.05, 0.1) is 0 Å². The topological polar surface area (TPSA) is 48.8 Å². The van der Waals surface area contributed by atoms with Crippen LogP contribution in [0.3, 0.4) is 0 Å². The Hall–Kier alpha value is -2.25. The molecule has 1 aliphatic rings. The van der Waals surface area contributed by atoms with E-state index in [0.717, 1.165) is 12.8 Å². The number of nitrogens with zero attached hydrogens (tertiary/aromatic N) is 3. The molecule has 20 heavy (non-hydrogen) atoms. The van der Waals surface area contributed by atoms with Crippen molar-refractivity contribution in [1.29, 1.82) is 0 Å². The summed E-state index contributed by atoms with van der Waals surface area (Å²) in [5, 5.41) is 3.96. The summed E-state index contributed by atoms with van der Waals surface area (Å²) in [5.74, 6) is 0.330. The van der Waals surface area contributed by atoms with E-state index >= 15 is 0 Å². The number of benzene rings is 2. The zero-order chi connectivity index (χ0) is 13.9. The Morgan fingerprint density at radius 1 is 1.10 bits per heavy atom. The van der Waals surface area contributed by atoms with Crippen LogP contribution in [-0.2, 0) is 6.42 Å². The molecule has 0 amide bonds. The third kappa shape index (κ3) is 2.40. The molecule has 0 radical (unpaired) electrons. The molecule has 0 aliphatic heterocycles. The van der Waals surface area contributed by atoms with Crippen LogP contribution in [0.4, 0.5) is 0 Å². The van der Waals surface area contributed by atoms with E-state index in [1.165, 1.54) is 22.3 Å². The van der Waals surface area contributed by atoms with E-state index in [0.29, 0.717) is 5.92 Å². The lowest BCUT2D eigenvalue weighted by Gasteiger charge is -2.29. The molecule has 0 fully saturated rings. The molecule has 3 nitrogen and oxygen atoms in total. The summed E-state index contributed by atoms with van der Waals surface area (Å²) < 4.78 is 0. The Labute approximate surface area is 118 Å². The molecule has 0 N–H and O–H groups in total. The maximum atomic E-state index is 8.72. The first-order valence-corrected chi connectivity index (χ1v) is 6.96. The molecule has 2 aromatic rings. The molecule has 3 heteroatoms. The molecule has 0 saturated heterocycles. The Balaban J connectivity index is 2.04. The summed E-state index contributed by atoms with van der Waals surface area (Å²) in [6, 6.07) is 17.2. The number of hydrogen-bond donors (Lipinski definition) is 0. The van der Waals surface area contributed by atoms with Crippen molar-refractivity contribution in [3.05, 3.63) is 81.2 Å². The van der Waals surface area contributed by atoms with Crippen LogP contribution in [0.2, 0.25) is 0 Å². The van der Waals surface area contributed by atoms with Gasteiger partial charge in [-0.3, -0.25) is 0 Å². The third-order valence-corrected chi connectivity index (χ3v) is 4.09. The monoisotopic (exact) mass is 263 g/mol. The zero-order valence-corrected chi connectivity index (χ0v) is 11.5. The van der Waals surface area contributed by atoms with Crippen molar-refractivity contribution >= 4 is 0 Å². The minimum absolute atomic E-state index is 0.0567. The lowest BCUT2D eigenvalue weighted by atomic mass is 9.77. The van der Waals surface area contributed by atoms with Crippen LogP contribution in [0.25, 0.3) is 10.4 Å². The van der Waals surface area contributed by atoms with Gasteiger partial charge in [-0.2, -0.15) is 0 Å². The van der Waals surface area contributed by atoms with E-state index in [1.54, 1.807) is 0 Å². The number of rotatable bonds is 2. The predicted octanol–water partition coefficient (Wildman–Crippen LogP) is 4.75. The normalized spacial score (nSPS) is 20.9. The Morgan fingerprint density at radius 3 is 2.60 bits per heavy atom. The van der Waals surface area contributed by atoms with Gasteiger partial charge in [-0.25, -0.2) is 0 Å². The van der Waals surface area contributed by atoms with Crippen LogP contribution < -0.4 is 0 Å². The minimum Gasteiger partial charge on any atom is -0.0902 e. The van der Waals surface area contributed by atoms with Crippen LogP contribution in [-0.4, -0.2) is 6.04 Å². The van der Waals surface area contributed by atoms with Gasteiger partial charge >= 0.3 is 0 Å². The first-order chi connectivity index (χ1) is 9.78. The maximum absolute atomic E-state index is 8.72. The summed E-state index contributed by atoms with van der Waals surface area (Å²) in [6.45, 7) is 2.10. The molecule has 3 rings (SSSR count). The molecule has 0 bridgehead atoms. The molecule has 0 saturated carbocycles. The SMILES string of the molecule is Cc1ccc([C@H]2C[C@H](N=[N+]=[N-])Cc3ccccc32)cc1. The van der Waals surface area contributed by atoms with Crippen LogP contribution in [0.5, 0.6) is 0 Å². The molecule has 0 spiro atoms. The second-order valence-corrected chi connectivity index (χ2v) is 5.46. The van der Waals surface area contributed by atoms with E-state index in [1.807, 2.05) is 0 Å². The van der Waals surface area contributed by atoms with Crippen LogP contribution >= 0.6 is 0 Å². The fourth-order valence-corrected chi connectivity index (χ4v) is 3.07. The van der Waals surface area contributed by atoms with Gasteiger partial charge in [0.1, 0.15) is 0 Å². The van der Waals surface area contributed by atoms with Gasteiger partial charge in [-0.05, 0) is 42.0 Å². The lowest BCUT2D eigenvalue weighted by Crippen LogP contribution is -2.21. The molecule has 0 unspecified atom stereocenters. The first-order valence-electron chi connectivity index (χ1n) is 6.96. The van der Waals surface area contributed by atoms with Gasteiger partial charge in [0.2, 0.25) is 0 Å². The number of fused-ring (bicyclic) bond motifs is 1. The molecular weight excluding hydrogens is 246 g/mol. The van der Waals surface area contributed by atoms with Crippen molar-refractivity contribution < 1.29 is 0 Å². The van der Waals surface area contributed by atoms with Crippen molar-refractivity contribution in [2.24, 2.45) is 5.11 Å². The fraction of sp³-hybridized carbons (Fsp3) is 0.294. The van der Waals surface area contributed by atoms with Gasteiger partial charge < -0.3 is 0 Å². The average Bonchev–Trinajstić information content (AvgIpc) is 2.48. The highest BCUT2D eigenvalue weighted by Crippen LogP contribution is 2.37. The highest BCUT2D eigenvalue weighted by molar-refractivity contribution is 5.41. The van der Waals surface area contributed by atoms with Crippen LogP contribution in [0, 0.1) is 6.92 Å². The summed E-state index contributed by atoms with van der Waals surface area (Å²) in [4.78, 5) is 3.00. The summed E-state index contributed by atoms with van der Waals surface area (Å²) in [7, 11) is 0. The molecule has 2 aromatic carbocycles. The van der Waals surface area contributed by atoms with Crippen molar-refractivity contribution in [3.8, 4) is 0 Å². The Morgan fingerprint density at radius 2 is 1.85 bits per heavy atom. The molecule has 1 aliphatic carbocycles. The standard InChI is InChI=1S/C17H17N3/c1-12-6-8-13(9-7-12)17-11-15(19-20-18)10-14-4-2-3-5-16(14)17/h2-9,15,17H,10-11H2,1H3/t15-,17-/m1/s1. The molecule has 0 aromatic heterocycles. The minimum atomic E-state index is 0.0567. The fourth-order valence-electron chi connectivity index (χ4n) is 3.07. The second-order valence-electron chi connectivity index (χ2n) is 5.46. The molecule has 2 atom stereocenters. The average molecular weight is 263 g/mol. The van der Waals surface area contributed by atoms with E-state index in [-0.39, 0.29) is 6.04 Å². The largest absolute Gasteiger partial charge is 0.0902 e. The summed E-state index contributed by atoms with van der Waals surface area (Å²) >= 11 is 0. The number of hydrogen-bond acceptors (Lipinski definition) is 1. The maximum Gasteiger partial charge on any atom is 0.0423 e. The van der Waals surface area contributed by atoms with E-state index in [4.69, 9.17) is 5.53 Å². The number of aryl methyl sites for hydroxylation is 1. The third-order valence-electron chi connectivity index (χ3n) is 4.09. The van der Waals surface area contributed by atoms with Gasteiger partial charge in [0, 0.05) is 16.9 Å². The van der Waals surface area contributed by atoms with Crippen molar-refractivity contribution in [1.82, 2.24) is 0 Å². The summed E-state index contributed by atoms with van der Waals surface area (Å²) in [5.41, 5.74) is 14.0. The van der Waals surface area contributed by atoms with Crippen LogP contribution in [0.1, 0.15) is 34.6 Å². The van der Waals surface area contributed by atoms with Gasteiger partial charge in [0.15, 0.2) is 0 Å². The Kier molecular flexibility index (Phi) is 3.44. The lowest BCUT2D eigenvalue weighted by molar-refractivity contribution is 0.529. The smallest absolute Gasteiger partial charge is 0.0423 e. The van der Waals surface area contributed by atoms with E-state index in [9.17, 15) is 0 Å². The predicted molar refractivity (Wildman–Crippen MR) is 80.7 cm³/mol. The van der Waals surface area contributed by atoms with E-state index < -0.39 is 0 Å². The van der Waals surface area contributed by atoms with Gasteiger partial charge in [-0.1, -0.05) is 59.2 Å². The quantitative estimate of drug-likeness (QED) is 0.426. The van der Waals surface area contributed by atoms with Crippen LogP contribution in [0.15, 0.2) is 53.6 Å². The van der Waals surface area contributed by atoms with Gasteiger partial charge in [0.25, 0.3) is 0 Å². The molecule has 0 heterocycles. The van der Waals surface area contributed by atoms with Crippen molar-refractivity contribution in [2.75, 3.05) is 0 Å². The zero-order valence-electron chi connectivity index (χ0n) is 11.5. The molecule has 100 valence electrons. The second kappa shape index (κ2) is 5.40. The van der Waals surface area contributed by atoms with Gasteiger partial charge in [-0.15, -0.1) is 0 Å². The van der Waals surface area contributed by atoms with Crippen molar-refractivity contribution in [3.63, 3.8) is 0 Å². The molecular formula is C17H17N3. The number of azide groups is 1. The van der Waals surface area contributed by atoms with Crippen molar-refractivity contribution in [2.45, 2.75) is 31.7 Å². The highest BCUT2D eigenvalue weighted by Gasteiger charge is 2.27. The van der Waals surface area contributed by atoms with E-state index in [2.05, 4.69) is 65.5 Å². The highest BCUT2D eigenvalue weighted by atomic mass is 15.1. The summed E-state index contributed by atoms with van der Waals surface area (Å²) in [6.07, 6.45) is 1.74. The Bertz CT molecular complexity index is 654. The first kappa shape index (κ1) is 12.8.